The number of aromatic nitrogens is 1. The molecule has 0 radical (unpaired) electrons. The number of aryl methyl sites for hydroxylation is 2. The number of benzene rings is 1. The smallest absolute Gasteiger partial charge is 0.0515 e. The van der Waals surface area contributed by atoms with E-state index in [0.717, 1.165) is 34.7 Å². The minimum Gasteiger partial charge on any atom is -0.271 e. The zero-order chi connectivity index (χ0) is 14.5. The van der Waals surface area contributed by atoms with Crippen LogP contribution >= 0.6 is 11.6 Å². The summed E-state index contributed by atoms with van der Waals surface area (Å²) in [7, 11) is 0. The molecule has 2 aromatic rings. The molecule has 1 aromatic heterocycles. The molecule has 0 aliphatic rings. The zero-order valence-corrected chi connectivity index (χ0v) is 12.6. The van der Waals surface area contributed by atoms with Crippen LogP contribution in [0.1, 0.15) is 35.3 Å². The van der Waals surface area contributed by atoms with Gasteiger partial charge < -0.3 is 0 Å². The number of nitrogens with two attached hydrogens (primary N) is 1. The van der Waals surface area contributed by atoms with Gasteiger partial charge in [0.2, 0.25) is 0 Å². The lowest BCUT2D eigenvalue weighted by Crippen LogP contribution is -2.29. The number of hydrazine groups is 1. The van der Waals surface area contributed by atoms with Crippen molar-refractivity contribution in [3.05, 3.63) is 63.9 Å². The Morgan fingerprint density at radius 2 is 2.10 bits per heavy atom. The Morgan fingerprint density at radius 1 is 1.30 bits per heavy atom. The van der Waals surface area contributed by atoms with Crippen molar-refractivity contribution in [3.8, 4) is 0 Å². The first-order valence-electron chi connectivity index (χ1n) is 6.80. The second-order valence-corrected chi connectivity index (χ2v) is 5.35. The van der Waals surface area contributed by atoms with Gasteiger partial charge in [-0.2, -0.15) is 0 Å². The van der Waals surface area contributed by atoms with E-state index in [9.17, 15) is 0 Å². The van der Waals surface area contributed by atoms with Crippen LogP contribution in [-0.2, 0) is 12.8 Å². The second-order valence-electron chi connectivity index (χ2n) is 4.94. The van der Waals surface area contributed by atoms with E-state index in [0.29, 0.717) is 0 Å². The highest BCUT2D eigenvalue weighted by atomic mass is 35.5. The van der Waals surface area contributed by atoms with Crippen molar-refractivity contribution < 1.29 is 0 Å². The van der Waals surface area contributed by atoms with E-state index in [1.165, 1.54) is 5.56 Å². The van der Waals surface area contributed by atoms with E-state index in [1.54, 1.807) is 0 Å². The lowest BCUT2D eigenvalue weighted by molar-refractivity contribution is 0.545. The monoisotopic (exact) mass is 289 g/mol. The van der Waals surface area contributed by atoms with Crippen LogP contribution in [0, 0.1) is 6.92 Å². The fourth-order valence-corrected chi connectivity index (χ4v) is 2.27. The van der Waals surface area contributed by atoms with Gasteiger partial charge >= 0.3 is 0 Å². The fourth-order valence-electron chi connectivity index (χ4n) is 2.15. The topological polar surface area (TPSA) is 50.9 Å². The van der Waals surface area contributed by atoms with Crippen LogP contribution in [0.2, 0.25) is 5.02 Å². The molecule has 3 N–H and O–H groups in total. The number of nitrogens with one attached hydrogen (secondary N) is 1. The molecule has 0 fully saturated rings. The van der Waals surface area contributed by atoms with Crippen molar-refractivity contribution in [2.24, 2.45) is 5.84 Å². The van der Waals surface area contributed by atoms with Crippen LogP contribution < -0.4 is 11.3 Å². The number of rotatable bonds is 5. The first-order chi connectivity index (χ1) is 9.63. The maximum atomic E-state index is 6.06. The maximum absolute atomic E-state index is 6.06. The molecule has 0 spiro atoms. The van der Waals surface area contributed by atoms with Gasteiger partial charge in [0.1, 0.15) is 0 Å². The van der Waals surface area contributed by atoms with E-state index < -0.39 is 0 Å². The Morgan fingerprint density at radius 3 is 2.65 bits per heavy atom. The SMILES string of the molecule is CCc1ccc(CC(NN)c2ccc(Cl)c(C)c2)nc1. The third-order valence-electron chi connectivity index (χ3n) is 3.49. The van der Waals surface area contributed by atoms with Crippen LogP contribution in [0.4, 0.5) is 0 Å². The van der Waals surface area contributed by atoms with Crippen LogP contribution in [0.15, 0.2) is 36.5 Å². The van der Waals surface area contributed by atoms with Crippen LogP contribution in [0.25, 0.3) is 0 Å². The number of nitrogens with zero attached hydrogens (tertiary/aromatic N) is 1. The summed E-state index contributed by atoms with van der Waals surface area (Å²) in [5.41, 5.74) is 7.30. The van der Waals surface area contributed by atoms with Crippen LogP contribution in [-0.4, -0.2) is 4.98 Å². The van der Waals surface area contributed by atoms with Gasteiger partial charge in [-0.1, -0.05) is 36.7 Å². The summed E-state index contributed by atoms with van der Waals surface area (Å²) in [6, 6.07) is 10.2. The summed E-state index contributed by atoms with van der Waals surface area (Å²) in [6.45, 7) is 4.12. The van der Waals surface area contributed by atoms with E-state index in [2.05, 4.69) is 35.5 Å². The summed E-state index contributed by atoms with van der Waals surface area (Å²) < 4.78 is 0. The predicted molar refractivity (Wildman–Crippen MR) is 83.6 cm³/mol. The molecule has 0 bridgehead atoms. The van der Waals surface area contributed by atoms with Gasteiger partial charge in [0.05, 0.1) is 6.04 Å². The molecule has 3 nitrogen and oxygen atoms in total. The standard InChI is InChI=1S/C16H20ClN3/c1-3-12-4-6-14(19-10-12)9-16(20-18)13-5-7-15(17)11(2)8-13/h4-8,10,16,20H,3,9,18H2,1-2H3. The molecule has 0 amide bonds. The van der Waals surface area contributed by atoms with E-state index >= 15 is 0 Å². The van der Waals surface area contributed by atoms with Gasteiger partial charge in [0, 0.05) is 23.3 Å². The molecular weight excluding hydrogens is 270 g/mol. The summed E-state index contributed by atoms with van der Waals surface area (Å²) >= 11 is 6.06. The molecule has 1 aromatic carbocycles. The Kier molecular flexibility index (Phi) is 5.12. The van der Waals surface area contributed by atoms with E-state index in [4.69, 9.17) is 17.4 Å². The average molecular weight is 290 g/mol. The molecule has 0 saturated heterocycles. The summed E-state index contributed by atoms with van der Waals surface area (Å²) in [5.74, 6) is 5.69. The molecule has 0 saturated carbocycles. The maximum Gasteiger partial charge on any atom is 0.0515 e. The molecule has 1 heterocycles. The number of pyridine rings is 1. The van der Waals surface area contributed by atoms with Gasteiger partial charge in [-0.05, 0) is 42.2 Å². The quantitative estimate of drug-likeness (QED) is 0.655. The van der Waals surface area contributed by atoms with Gasteiger partial charge in [0.25, 0.3) is 0 Å². The van der Waals surface area contributed by atoms with Crippen molar-refractivity contribution in [1.82, 2.24) is 10.4 Å². The highest BCUT2D eigenvalue weighted by molar-refractivity contribution is 6.31. The minimum atomic E-state index is 0.0333. The number of halogens is 1. The molecule has 0 aliphatic carbocycles. The molecule has 4 heteroatoms. The molecule has 20 heavy (non-hydrogen) atoms. The Hall–Kier alpha value is -1.42. The molecule has 1 unspecified atom stereocenters. The van der Waals surface area contributed by atoms with Crippen molar-refractivity contribution in [2.45, 2.75) is 32.7 Å². The highest BCUT2D eigenvalue weighted by Crippen LogP contribution is 2.22. The second kappa shape index (κ2) is 6.84. The number of hydrogen-bond acceptors (Lipinski definition) is 3. The molecule has 1 atom stereocenters. The first-order valence-corrected chi connectivity index (χ1v) is 7.17. The van der Waals surface area contributed by atoms with Gasteiger partial charge in [-0.15, -0.1) is 0 Å². The minimum absolute atomic E-state index is 0.0333. The Bertz CT molecular complexity index is 566. The summed E-state index contributed by atoms with van der Waals surface area (Å²) in [5, 5.41) is 0.773. The highest BCUT2D eigenvalue weighted by Gasteiger charge is 2.12. The lowest BCUT2D eigenvalue weighted by atomic mass is 10.00. The Balaban J connectivity index is 2.16. The largest absolute Gasteiger partial charge is 0.271 e. The molecular formula is C16H20ClN3. The van der Waals surface area contributed by atoms with Crippen molar-refractivity contribution >= 4 is 11.6 Å². The molecule has 106 valence electrons. The Labute approximate surface area is 125 Å². The first kappa shape index (κ1) is 15.0. The third-order valence-corrected chi connectivity index (χ3v) is 3.92. The van der Waals surface area contributed by atoms with Gasteiger partial charge in [-0.25, -0.2) is 0 Å². The normalized spacial score (nSPS) is 12.4. The van der Waals surface area contributed by atoms with Crippen molar-refractivity contribution in [1.29, 1.82) is 0 Å². The van der Waals surface area contributed by atoms with Crippen molar-refractivity contribution in [2.75, 3.05) is 0 Å². The molecule has 2 rings (SSSR count). The van der Waals surface area contributed by atoms with Crippen LogP contribution in [0.5, 0.6) is 0 Å². The van der Waals surface area contributed by atoms with E-state index in [1.807, 2.05) is 25.3 Å². The van der Waals surface area contributed by atoms with E-state index in [-0.39, 0.29) is 6.04 Å². The van der Waals surface area contributed by atoms with Gasteiger partial charge in [-0.3, -0.25) is 16.3 Å². The molecule has 0 aliphatic heterocycles. The lowest BCUT2D eigenvalue weighted by Gasteiger charge is -2.17. The van der Waals surface area contributed by atoms with Crippen molar-refractivity contribution in [3.63, 3.8) is 0 Å². The summed E-state index contributed by atoms with van der Waals surface area (Å²) in [6.07, 6.45) is 3.68. The zero-order valence-electron chi connectivity index (χ0n) is 11.9. The average Bonchev–Trinajstić information content (AvgIpc) is 2.48. The third kappa shape index (κ3) is 3.57. The fraction of sp³-hybridized carbons (Fsp3) is 0.312. The predicted octanol–water partition coefficient (Wildman–Crippen LogP) is 3.35. The van der Waals surface area contributed by atoms with Gasteiger partial charge in [0.15, 0.2) is 0 Å². The van der Waals surface area contributed by atoms with Crippen LogP contribution in [0.3, 0.4) is 0 Å². The number of hydrogen-bond donors (Lipinski definition) is 2. The summed E-state index contributed by atoms with van der Waals surface area (Å²) in [4.78, 5) is 4.48.